The second-order valence-corrected chi connectivity index (χ2v) is 5.35. The van der Waals surface area contributed by atoms with E-state index in [1.165, 1.54) is 6.07 Å². The maximum Gasteiger partial charge on any atom is 0.133 e. The molecule has 20 heavy (non-hydrogen) atoms. The third-order valence-electron chi connectivity index (χ3n) is 2.96. The van der Waals surface area contributed by atoms with Crippen molar-refractivity contribution in [2.24, 2.45) is 5.73 Å². The summed E-state index contributed by atoms with van der Waals surface area (Å²) in [5.41, 5.74) is 7.16. The first-order chi connectivity index (χ1) is 9.47. The molecule has 2 aromatic carbocycles. The van der Waals surface area contributed by atoms with Gasteiger partial charge in [-0.05, 0) is 56.2 Å². The Morgan fingerprint density at radius 1 is 1.25 bits per heavy atom. The zero-order chi connectivity index (χ0) is 14.7. The Morgan fingerprint density at radius 3 is 2.65 bits per heavy atom. The average Bonchev–Trinajstić information content (AvgIpc) is 2.36. The van der Waals surface area contributed by atoms with E-state index in [1.807, 2.05) is 13.8 Å². The second kappa shape index (κ2) is 6.25. The first-order valence-electron chi connectivity index (χ1n) is 6.44. The van der Waals surface area contributed by atoms with Gasteiger partial charge in [-0.1, -0.05) is 17.7 Å². The molecule has 0 spiro atoms. The zero-order valence-electron chi connectivity index (χ0n) is 11.5. The fraction of sp³-hybridized carbons (Fsp3) is 0.250. The van der Waals surface area contributed by atoms with Gasteiger partial charge in [-0.2, -0.15) is 0 Å². The van der Waals surface area contributed by atoms with E-state index in [0.29, 0.717) is 28.5 Å². The number of ether oxygens (including phenoxy) is 1. The highest BCUT2D eigenvalue weighted by atomic mass is 35.5. The number of halogens is 2. The second-order valence-electron chi connectivity index (χ2n) is 4.91. The predicted octanol–water partition coefficient (Wildman–Crippen LogP) is 4.47. The van der Waals surface area contributed by atoms with Crippen LogP contribution in [-0.2, 0) is 6.42 Å². The summed E-state index contributed by atoms with van der Waals surface area (Å²) in [5, 5.41) is 0.643. The molecule has 0 aliphatic heterocycles. The van der Waals surface area contributed by atoms with Gasteiger partial charge in [0.05, 0.1) is 0 Å². The number of hydrogen-bond donors (Lipinski definition) is 1. The first-order valence-corrected chi connectivity index (χ1v) is 6.82. The number of hydrogen-bond acceptors (Lipinski definition) is 2. The first kappa shape index (κ1) is 14.8. The van der Waals surface area contributed by atoms with Gasteiger partial charge in [0.2, 0.25) is 0 Å². The van der Waals surface area contributed by atoms with E-state index < -0.39 is 0 Å². The van der Waals surface area contributed by atoms with Crippen LogP contribution in [0.3, 0.4) is 0 Å². The number of benzene rings is 2. The van der Waals surface area contributed by atoms with Crippen molar-refractivity contribution < 1.29 is 9.13 Å². The highest BCUT2D eigenvalue weighted by Crippen LogP contribution is 2.31. The molecule has 2 nitrogen and oxygen atoms in total. The van der Waals surface area contributed by atoms with Crippen molar-refractivity contribution in [2.75, 3.05) is 0 Å². The van der Waals surface area contributed by atoms with Gasteiger partial charge in [0, 0.05) is 16.6 Å². The molecule has 2 N–H and O–H groups in total. The maximum absolute atomic E-state index is 13.9. The maximum atomic E-state index is 13.9. The van der Waals surface area contributed by atoms with Crippen molar-refractivity contribution in [1.82, 2.24) is 0 Å². The molecule has 0 heterocycles. The standard InChI is InChI=1S/C16H17ClFNO/c1-10-8-12(17)6-7-15(10)20-16-5-3-4-14(18)13(16)9-11(2)19/h3-8,11H,9,19H2,1-2H3. The zero-order valence-corrected chi connectivity index (χ0v) is 12.2. The fourth-order valence-electron chi connectivity index (χ4n) is 2.00. The number of aryl methyl sites for hydroxylation is 1. The molecule has 1 atom stereocenters. The molecular weight excluding hydrogens is 277 g/mol. The normalized spacial score (nSPS) is 12.2. The Morgan fingerprint density at radius 2 is 2.00 bits per heavy atom. The Hall–Kier alpha value is -1.58. The van der Waals surface area contributed by atoms with E-state index in [0.717, 1.165) is 5.56 Å². The van der Waals surface area contributed by atoms with Crippen LogP contribution in [0.25, 0.3) is 0 Å². The summed E-state index contributed by atoms with van der Waals surface area (Å²) in [6, 6.07) is 9.98. The molecule has 0 radical (unpaired) electrons. The van der Waals surface area contributed by atoms with Gasteiger partial charge in [-0.25, -0.2) is 4.39 Å². The van der Waals surface area contributed by atoms with Crippen LogP contribution in [0.4, 0.5) is 4.39 Å². The summed E-state index contributed by atoms with van der Waals surface area (Å²) in [7, 11) is 0. The van der Waals surface area contributed by atoms with E-state index in [-0.39, 0.29) is 11.9 Å². The van der Waals surface area contributed by atoms with Crippen molar-refractivity contribution in [2.45, 2.75) is 26.3 Å². The van der Waals surface area contributed by atoms with Gasteiger partial charge >= 0.3 is 0 Å². The van der Waals surface area contributed by atoms with E-state index in [1.54, 1.807) is 30.3 Å². The average molecular weight is 294 g/mol. The molecule has 0 bridgehead atoms. The van der Waals surface area contributed by atoms with Gasteiger partial charge in [-0.15, -0.1) is 0 Å². The van der Waals surface area contributed by atoms with Crippen LogP contribution in [0.1, 0.15) is 18.1 Å². The molecule has 106 valence electrons. The van der Waals surface area contributed by atoms with Crippen molar-refractivity contribution in [3.63, 3.8) is 0 Å². The highest BCUT2D eigenvalue weighted by molar-refractivity contribution is 6.30. The Kier molecular flexibility index (Phi) is 4.63. The van der Waals surface area contributed by atoms with Crippen LogP contribution in [0.5, 0.6) is 11.5 Å². The minimum absolute atomic E-state index is 0.138. The molecule has 0 saturated carbocycles. The van der Waals surface area contributed by atoms with Crippen LogP contribution < -0.4 is 10.5 Å². The van der Waals surface area contributed by atoms with Crippen molar-refractivity contribution in [3.05, 3.63) is 58.4 Å². The van der Waals surface area contributed by atoms with Gasteiger partial charge in [0.15, 0.2) is 0 Å². The molecule has 1 unspecified atom stereocenters. The van der Waals surface area contributed by atoms with Crippen molar-refractivity contribution in [3.8, 4) is 11.5 Å². The summed E-state index contributed by atoms with van der Waals surface area (Å²) in [5.74, 6) is 0.852. The summed E-state index contributed by atoms with van der Waals surface area (Å²) in [6.07, 6.45) is 0.425. The third-order valence-corrected chi connectivity index (χ3v) is 3.19. The van der Waals surface area contributed by atoms with Crippen LogP contribution in [0, 0.1) is 12.7 Å². The van der Waals surface area contributed by atoms with Crippen LogP contribution >= 0.6 is 11.6 Å². The van der Waals surface area contributed by atoms with Crippen LogP contribution in [0.2, 0.25) is 5.02 Å². The van der Waals surface area contributed by atoms with Crippen LogP contribution in [-0.4, -0.2) is 6.04 Å². The minimum atomic E-state index is -0.300. The summed E-state index contributed by atoms with van der Waals surface area (Å²) >= 11 is 5.91. The van der Waals surface area contributed by atoms with Gasteiger partial charge in [0.1, 0.15) is 17.3 Å². The largest absolute Gasteiger partial charge is 0.457 e. The van der Waals surface area contributed by atoms with Gasteiger partial charge in [0.25, 0.3) is 0 Å². The highest BCUT2D eigenvalue weighted by Gasteiger charge is 2.13. The van der Waals surface area contributed by atoms with E-state index in [9.17, 15) is 4.39 Å². The molecule has 2 rings (SSSR count). The Labute approximate surface area is 123 Å². The fourth-order valence-corrected chi connectivity index (χ4v) is 2.23. The third kappa shape index (κ3) is 3.50. The Balaban J connectivity index is 2.35. The quantitative estimate of drug-likeness (QED) is 0.902. The number of rotatable bonds is 4. The predicted molar refractivity (Wildman–Crippen MR) is 80.0 cm³/mol. The lowest BCUT2D eigenvalue weighted by Crippen LogP contribution is -2.19. The molecule has 0 saturated heterocycles. The van der Waals surface area contributed by atoms with Gasteiger partial charge in [-0.3, -0.25) is 0 Å². The topological polar surface area (TPSA) is 35.2 Å². The lowest BCUT2D eigenvalue weighted by atomic mass is 10.1. The molecule has 0 aromatic heterocycles. The summed E-state index contributed by atoms with van der Waals surface area (Å²) in [4.78, 5) is 0. The molecule has 2 aromatic rings. The van der Waals surface area contributed by atoms with Crippen molar-refractivity contribution in [1.29, 1.82) is 0 Å². The smallest absolute Gasteiger partial charge is 0.133 e. The molecule has 0 aliphatic carbocycles. The SMILES string of the molecule is Cc1cc(Cl)ccc1Oc1cccc(F)c1CC(C)N. The van der Waals surface area contributed by atoms with Gasteiger partial charge < -0.3 is 10.5 Å². The molecule has 4 heteroatoms. The lowest BCUT2D eigenvalue weighted by molar-refractivity contribution is 0.460. The molecule has 0 amide bonds. The summed E-state index contributed by atoms with van der Waals surface area (Å²) < 4.78 is 19.7. The van der Waals surface area contributed by atoms with Crippen LogP contribution in [0.15, 0.2) is 36.4 Å². The van der Waals surface area contributed by atoms with Crippen molar-refractivity contribution >= 4 is 11.6 Å². The molecule has 0 fully saturated rings. The van der Waals surface area contributed by atoms with E-state index >= 15 is 0 Å². The van der Waals surface area contributed by atoms with E-state index in [2.05, 4.69) is 0 Å². The number of nitrogens with two attached hydrogens (primary N) is 1. The summed E-state index contributed by atoms with van der Waals surface area (Å²) in [6.45, 7) is 3.73. The lowest BCUT2D eigenvalue weighted by Gasteiger charge is -2.15. The molecular formula is C16H17ClFNO. The Bertz CT molecular complexity index is 613. The molecule has 0 aliphatic rings. The monoisotopic (exact) mass is 293 g/mol. The minimum Gasteiger partial charge on any atom is -0.457 e. The van der Waals surface area contributed by atoms with E-state index in [4.69, 9.17) is 22.1 Å².